The minimum atomic E-state index is -0.347. The lowest BCUT2D eigenvalue weighted by Crippen LogP contribution is -2.39. The summed E-state index contributed by atoms with van der Waals surface area (Å²) in [4.78, 5) is 37.7. The van der Waals surface area contributed by atoms with E-state index in [1.165, 1.54) is 17.4 Å². The zero-order chi connectivity index (χ0) is 30.8. The van der Waals surface area contributed by atoms with Crippen molar-refractivity contribution in [2.45, 2.75) is 56.4 Å². The zero-order valence-corrected chi connectivity index (χ0v) is 27.2. The van der Waals surface area contributed by atoms with Gasteiger partial charge in [-0.15, -0.1) is 0 Å². The number of fused-ring (bicyclic) bond motifs is 1. The molecular formula is C35H39ClN4O3S. The second kappa shape index (κ2) is 12.9. The topological polar surface area (TPSA) is 67.7 Å². The Bertz CT molecular complexity index is 1740. The molecule has 2 saturated heterocycles. The molecule has 3 heterocycles. The molecule has 1 spiro atoms. The van der Waals surface area contributed by atoms with Crippen molar-refractivity contribution < 1.29 is 9.53 Å². The molecule has 7 nitrogen and oxygen atoms in total. The van der Waals surface area contributed by atoms with Crippen LogP contribution in [0.5, 0.6) is 5.75 Å². The van der Waals surface area contributed by atoms with Crippen LogP contribution < -0.4 is 15.2 Å². The second-order valence-corrected chi connectivity index (χ2v) is 13.7. The van der Waals surface area contributed by atoms with Crippen molar-refractivity contribution in [1.82, 2.24) is 14.5 Å². The van der Waals surface area contributed by atoms with Gasteiger partial charge in [-0.3, -0.25) is 14.2 Å². The molecule has 0 aliphatic carbocycles. The number of thioether (sulfide) groups is 1. The number of ether oxygens (including phenoxy) is 1. The first-order valence-electron chi connectivity index (χ1n) is 15.4. The summed E-state index contributed by atoms with van der Waals surface area (Å²) in [5.41, 5.74) is 3.34. The largest absolute Gasteiger partial charge is 0.497 e. The number of benzene rings is 3. The first-order chi connectivity index (χ1) is 21.3. The Hall–Kier alpha value is -3.49. The highest BCUT2D eigenvalue weighted by atomic mass is 35.5. The number of rotatable bonds is 9. The number of hydrogen-bond acceptors (Lipinski definition) is 6. The van der Waals surface area contributed by atoms with E-state index in [2.05, 4.69) is 28.9 Å². The van der Waals surface area contributed by atoms with Gasteiger partial charge in [0.05, 0.1) is 29.0 Å². The lowest BCUT2D eigenvalue weighted by Gasteiger charge is -2.27. The quantitative estimate of drug-likeness (QED) is 0.145. The van der Waals surface area contributed by atoms with Gasteiger partial charge in [0, 0.05) is 48.4 Å². The number of hydrogen-bond donors (Lipinski definition) is 0. The van der Waals surface area contributed by atoms with Crippen LogP contribution in [0.3, 0.4) is 0 Å². The molecule has 3 aromatic carbocycles. The van der Waals surface area contributed by atoms with Crippen molar-refractivity contribution >= 4 is 45.9 Å². The van der Waals surface area contributed by atoms with Crippen molar-refractivity contribution in [2.24, 2.45) is 5.41 Å². The third kappa shape index (κ3) is 6.07. The SMILES string of the molecule is CCCCC(Sc1nc2c(C)cccc2c(=O)n1-c1cccc(Cl)c1)C(=O)N1CCC2(CCN(c3cccc(OC)c3)C2)C1. The smallest absolute Gasteiger partial charge is 0.266 e. The second-order valence-electron chi connectivity index (χ2n) is 12.1. The molecular weight excluding hydrogens is 592 g/mol. The molecule has 4 aromatic rings. The number of aromatic nitrogens is 2. The van der Waals surface area contributed by atoms with E-state index < -0.39 is 0 Å². The van der Waals surface area contributed by atoms with Crippen molar-refractivity contribution in [2.75, 3.05) is 38.2 Å². The summed E-state index contributed by atoms with van der Waals surface area (Å²) in [7, 11) is 1.70. The van der Waals surface area contributed by atoms with E-state index in [9.17, 15) is 9.59 Å². The molecule has 230 valence electrons. The van der Waals surface area contributed by atoms with E-state index in [1.54, 1.807) is 23.8 Å². The summed E-state index contributed by atoms with van der Waals surface area (Å²) in [6, 6.07) is 21.1. The van der Waals surface area contributed by atoms with Gasteiger partial charge in [-0.1, -0.05) is 67.4 Å². The van der Waals surface area contributed by atoms with Gasteiger partial charge < -0.3 is 14.5 Å². The van der Waals surface area contributed by atoms with Gasteiger partial charge in [0.25, 0.3) is 5.56 Å². The van der Waals surface area contributed by atoms with Crippen molar-refractivity contribution in [3.63, 3.8) is 0 Å². The van der Waals surface area contributed by atoms with Gasteiger partial charge in [0.1, 0.15) is 5.75 Å². The number of para-hydroxylation sites is 1. The molecule has 2 aliphatic rings. The highest BCUT2D eigenvalue weighted by molar-refractivity contribution is 8.00. The van der Waals surface area contributed by atoms with Crippen molar-refractivity contribution in [3.05, 3.63) is 87.7 Å². The molecule has 0 saturated carbocycles. The van der Waals surface area contributed by atoms with Gasteiger partial charge in [0.15, 0.2) is 5.16 Å². The van der Waals surface area contributed by atoms with Crippen LogP contribution in [0, 0.1) is 12.3 Å². The Morgan fingerprint density at radius 2 is 1.82 bits per heavy atom. The van der Waals surface area contributed by atoms with E-state index in [0.717, 1.165) is 69.6 Å². The maximum Gasteiger partial charge on any atom is 0.266 e. The van der Waals surface area contributed by atoms with Crippen LogP contribution in [0.1, 0.15) is 44.6 Å². The van der Waals surface area contributed by atoms with Gasteiger partial charge >= 0.3 is 0 Å². The van der Waals surface area contributed by atoms with Crippen LogP contribution in [0.2, 0.25) is 5.02 Å². The van der Waals surface area contributed by atoms with Crippen LogP contribution in [-0.2, 0) is 4.79 Å². The molecule has 1 aromatic heterocycles. The summed E-state index contributed by atoms with van der Waals surface area (Å²) in [5.74, 6) is 0.994. The molecule has 0 radical (unpaired) electrons. The number of carbonyl (C=O) groups is 1. The van der Waals surface area contributed by atoms with Crippen LogP contribution in [0.15, 0.2) is 76.7 Å². The van der Waals surface area contributed by atoms with E-state index in [4.69, 9.17) is 21.3 Å². The number of halogens is 1. The van der Waals surface area contributed by atoms with Crippen molar-refractivity contribution in [1.29, 1.82) is 0 Å². The highest BCUT2D eigenvalue weighted by Crippen LogP contribution is 2.42. The fourth-order valence-electron chi connectivity index (χ4n) is 6.63. The van der Waals surface area contributed by atoms with Gasteiger partial charge in [-0.05, 0) is 68.1 Å². The predicted octanol–water partition coefficient (Wildman–Crippen LogP) is 7.14. The molecule has 2 unspecified atom stereocenters. The summed E-state index contributed by atoms with van der Waals surface area (Å²) in [6.07, 6.45) is 4.66. The summed E-state index contributed by atoms with van der Waals surface area (Å²) in [5, 5.41) is 1.26. The molecule has 44 heavy (non-hydrogen) atoms. The fraction of sp³-hybridized carbons (Fsp3) is 0.400. The Balaban J connectivity index is 1.28. The van der Waals surface area contributed by atoms with E-state index >= 15 is 0 Å². The minimum absolute atomic E-state index is 0.0832. The molecule has 2 aliphatic heterocycles. The number of carbonyl (C=O) groups excluding carboxylic acids is 1. The van der Waals surface area contributed by atoms with Crippen molar-refractivity contribution in [3.8, 4) is 11.4 Å². The number of aryl methyl sites for hydroxylation is 1. The number of nitrogens with zero attached hydrogens (tertiary/aromatic N) is 4. The highest BCUT2D eigenvalue weighted by Gasteiger charge is 2.46. The molecule has 2 fully saturated rings. The number of likely N-dealkylation sites (tertiary alicyclic amines) is 1. The lowest BCUT2D eigenvalue weighted by atomic mass is 9.86. The number of amides is 1. The average Bonchev–Trinajstić information content (AvgIpc) is 3.66. The minimum Gasteiger partial charge on any atom is -0.497 e. The number of methoxy groups -OCH3 is 1. The Kier molecular flexibility index (Phi) is 8.92. The lowest BCUT2D eigenvalue weighted by molar-refractivity contribution is -0.130. The molecule has 9 heteroatoms. The van der Waals surface area contributed by atoms with Crippen LogP contribution in [0.4, 0.5) is 5.69 Å². The standard InChI is InChI=1S/C35H39ClN4O3S/c1-4-5-15-30(33(42)39-19-17-35(23-39)16-18-38(22-35)26-11-8-13-28(21-26)43-3)44-34-37-31-24(2)9-6-14-29(31)32(41)40(34)27-12-7-10-25(36)20-27/h6-14,20-21,30H,4-5,15-19,22-23H2,1-3H3. The average molecular weight is 631 g/mol. The van der Waals surface area contributed by atoms with Gasteiger partial charge in [-0.2, -0.15) is 0 Å². The molecule has 6 rings (SSSR count). The number of unbranched alkanes of at least 4 members (excludes halogenated alkanes) is 1. The fourth-order valence-corrected chi connectivity index (χ4v) is 8.04. The van der Waals surface area contributed by atoms with Crippen LogP contribution >= 0.6 is 23.4 Å². The van der Waals surface area contributed by atoms with Crippen LogP contribution in [-0.4, -0.2) is 58.9 Å². The molecule has 0 N–H and O–H groups in total. The van der Waals surface area contributed by atoms with E-state index in [1.807, 2.05) is 49.4 Å². The maximum atomic E-state index is 14.3. The predicted molar refractivity (Wildman–Crippen MR) is 180 cm³/mol. The van der Waals surface area contributed by atoms with Crippen LogP contribution in [0.25, 0.3) is 16.6 Å². The summed E-state index contributed by atoms with van der Waals surface area (Å²) in [6.45, 7) is 7.50. The summed E-state index contributed by atoms with van der Waals surface area (Å²) >= 11 is 7.78. The first-order valence-corrected chi connectivity index (χ1v) is 16.7. The van der Waals surface area contributed by atoms with E-state index in [0.29, 0.717) is 26.8 Å². The molecule has 1 amide bonds. The third-order valence-electron chi connectivity index (χ3n) is 9.09. The van der Waals surface area contributed by atoms with Gasteiger partial charge in [-0.25, -0.2) is 4.98 Å². The Morgan fingerprint density at radius 1 is 1.05 bits per heavy atom. The Labute approximate surface area is 268 Å². The first kappa shape index (κ1) is 30.5. The Morgan fingerprint density at radius 3 is 2.61 bits per heavy atom. The monoisotopic (exact) mass is 630 g/mol. The van der Waals surface area contributed by atoms with Gasteiger partial charge in [0.2, 0.25) is 5.91 Å². The molecule has 2 atom stereocenters. The normalized spacial score (nSPS) is 18.8. The molecule has 0 bridgehead atoms. The third-order valence-corrected chi connectivity index (χ3v) is 10.5. The summed E-state index contributed by atoms with van der Waals surface area (Å²) < 4.78 is 7.08. The number of anilines is 1. The van der Waals surface area contributed by atoms with E-state index in [-0.39, 0.29) is 22.1 Å². The zero-order valence-electron chi connectivity index (χ0n) is 25.6. The maximum absolute atomic E-state index is 14.3.